The zero-order valence-electron chi connectivity index (χ0n) is 20.2. The SMILES string of the molecule is CC(C)(Oc1ccc(C(=O)C=Cc2cc(C(C)(C)C)c(O)c(C(C)(C)C)c2)cc1)C(=O)O. The van der Waals surface area contributed by atoms with Crippen LogP contribution in [0.5, 0.6) is 11.5 Å². The van der Waals surface area contributed by atoms with E-state index in [2.05, 4.69) is 0 Å². The van der Waals surface area contributed by atoms with Crippen molar-refractivity contribution in [1.82, 2.24) is 0 Å². The van der Waals surface area contributed by atoms with Gasteiger partial charge in [-0.1, -0.05) is 47.6 Å². The molecule has 5 nitrogen and oxygen atoms in total. The number of rotatable bonds is 6. The number of phenolic OH excluding ortho intramolecular Hbond substituents is 1. The molecule has 2 aromatic rings. The Labute approximate surface area is 190 Å². The third-order valence-corrected chi connectivity index (χ3v) is 5.20. The topological polar surface area (TPSA) is 83.8 Å². The van der Waals surface area contributed by atoms with Gasteiger partial charge >= 0.3 is 5.97 Å². The van der Waals surface area contributed by atoms with Crippen molar-refractivity contribution < 1.29 is 24.5 Å². The molecule has 5 heteroatoms. The van der Waals surface area contributed by atoms with Gasteiger partial charge in [-0.15, -0.1) is 0 Å². The smallest absolute Gasteiger partial charge is 0.347 e. The molecule has 32 heavy (non-hydrogen) atoms. The third-order valence-electron chi connectivity index (χ3n) is 5.20. The Bertz CT molecular complexity index is 994. The zero-order chi connectivity index (χ0) is 24.5. The first kappa shape index (κ1) is 25.2. The predicted molar refractivity (Wildman–Crippen MR) is 128 cm³/mol. The van der Waals surface area contributed by atoms with Gasteiger partial charge in [0.05, 0.1) is 0 Å². The minimum absolute atomic E-state index is 0.184. The van der Waals surface area contributed by atoms with E-state index in [4.69, 9.17) is 4.74 Å². The first-order valence-electron chi connectivity index (χ1n) is 10.7. The summed E-state index contributed by atoms with van der Waals surface area (Å²) in [6, 6.07) is 10.2. The monoisotopic (exact) mass is 438 g/mol. The van der Waals surface area contributed by atoms with Crippen molar-refractivity contribution in [2.45, 2.75) is 71.8 Å². The van der Waals surface area contributed by atoms with Gasteiger partial charge in [0.1, 0.15) is 11.5 Å². The molecule has 2 aromatic carbocycles. The Hall–Kier alpha value is -3.08. The molecule has 0 aliphatic heterocycles. The maximum absolute atomic E-state index is 12.7. The van der Waals surface area contributed by atoms with Crippen LogP contribution in [0.25, 0.3) is 6.08 Å². The molecule has 0 heterocycles. The molecule has 0 unspecified atom stereocenters. The highest BCUT2D eigenvalue weighted by Gasteiger charge is 2.29. The van der Waals surface area contributed by atoms with Crippen LogP contribution in [0.15, 0.2) is 42.5 Å². The van der Waals surface area contributed by atoms with Gasteiger partial charge in [-0.2, -0.15) is 0 Å². The molecule has 0 saturated carbocycles. The minimum Gasteiger partial charge on any atom is -0.507 e. The third kappa shape index (κ3) is 6.00. The van der Waals surface area contributed by atoms with Crippen molar-refractivity contribution in [2.24, 2.45) is 0 Å². The number of ketones is 1. The maximum atomic E-state index is 12.7. The van der Waals surface area contributed by atoms with Gasteiger partial charge in [-0.05, 0) is 72.7 Å². The molecule has 0 bridgehead atoms. The van der Waals surface area contributed by atoms with Crippen LogP contribution in [0.3, 0.4) is 0 Å². The highest BCUT2D eigenvalue weighted by Crippen LogP contribution is 2.40. The Morgan fingerprint density at radius 3 is 1.72 bits per heavy atom. The second-order valence-electron chi connectivity index (χ2n) is 10.6. The van der Waals surface area contributed by atoms with E-state index in [1.165, 1.54) is 19.9 Å². The van der Waals surface area contributed by atoms with E-state index in [9.17, 15) is 19.8 Å². The molecule has 0 aromatic heterocycles. The second-order valence-corrected chi connectivity index (χ2v) is 10.6. The maximum Gasteiger partial charge on any atom is 0.347 e. The molecule has 0 fully saturated rings. The minimum atomic E-state index is -1.36. The van der Waals surface area contributed by atoms with Gasteiger partial charge in [0, 0.05) is 16.7 Å². The van der Waals surface area contributed by atoms with Gasteiger partial charge in [0.15, 0.2) is 11.4 Å². The molecule has 0 atom stereocenters. The lowest BCUT2D eigenvalue weighted by Crippen LogP contribution is -2.37. The zero-order valence-corrected chi connectivity index (χ0v) is 20.2. The molecule has 0 saturated heterocycles. The number of aliphatic carboxylic acids is 1. The summed E-state index contributed by atoms with van der Waals surface area (Å²) in [5.74, 6) is -0.579. The van der Waals surface area contributed by atoms with E-state index in [0.717, 1.165) is 16.7 Å². The van der Waals surface area contributed by atoms with Crippen molar-refractivity contribution in [3.05, 3.63) is 64.7 Å². The highest BCUT2D eigenvalue weighted by molar-refractivity contribution is 6.06. The number of allylic oxidation sites excluding steroid dienone is 1. The number of phenols is 1. The molecule has 0 radical (unpaired) electrons. The summed E-state index contributed by atoms with van der Waals surface area (Å²) in [6.07, 6.45) is 3.26. The molecule has 2 N–H and O–H groups in total. The van der Waals surface area contributed by atoms with Crippen molar-refractivity contribution in [2.75, 3.05) is 0 Å². The lowest BCUT2D eigenvalue weighted by atomic mass is 9.78. The number of carbonyl (C=O) groups is 2. The van der Waals surface area contributed by atoms with Crippen molar-refractivity contribution in [1.29, 1.82) is 0 Å². The Balaban J connectivity index is 2.31. The van der Waals surface area contributed by atoms with Crippen molar-refractivity contribution >= 4 is 17.8 Å². The van der Waals surface area contributed by atoms with Crippen LogP contribution >= 0.6 is 0 Å². The standard InChI is InChI=1S/C27H34O5/c1-25(2,3)20-15-17(16-21(23(20)29)26(4,5)6)9-14-22(28)18-10-12-19(13-11-18)32-27(7,8)24(30)31/h9-16,29H,1-8H3,(H,30,31). The van der Waals surface area contributed by atoms with Crippen LogP contribution in [0, 0.1) is 0 Å². The molecule has 0 aliphatic carbocycles. The van der Waals surface area contributed by atoms with Gasteiger partial charge < -0.3 is 14.9 Å². The first-order valence-corrected chi connectivity index (χ1v) is 10.7. The fraction of sp³-hybridized carbons (Fsp3) is 0.407. The molecule has 0 aliphatic rings. The Morgan fingerprint density at radius 2 is 1.31 bits per heavy atom. The number of benzene rings is 2. The molecular formula is C27H34O5. The number of hydrogen-bond acceptors (Lipinski definition) is 4. The number of aromatic hydroxyl groups is 1. The van der Waals surface area contributed by atoms with Crippen LogP contribution in [0.2, 0.25) is 0 Å². The summed E-state index contributed by atoms with van der Waals surface area (Å²) < 4.78 is 5.48. The summed E-state index contributed by atoms with van der Waals surface area (Å²) in [6.45, 7) is 15.2. The number of carboxylic acids is 1. The molecule has 0 amide bonds. The van der Waals surface area contributed by atoms with E-state index in [0.29, 0.717) is 17.1 Å². The fourth-order valence-electron chi connectivity index (χ4n) is 3.19. The molecule has 0 spiro atoms. The van der Waals surface area contributed by atoms with E-state index >= 15 is 0 Å². The summed E-state index contributed by atoms with van der Waals surface area (Å²) in [5, 5.41) is 20.0. The summed E-state index contributed by atoms with van der Waals surface area (Å²) >= 11 is 0. The van der Waals surface area contributed by atoms with E-state index in [1.807, 2.05) is 53.7 Å². The lowest BCUT2D eigenvalue weighted by Gasteiger charge is -2.27. The molecule has 2 rings (SSSR count). The highest BCUT2D eigenvalue weighted by atomic mass is 16.5. The van der Waals surface area contributed by atoms with E-state index in [1.54, 1.807) is 30.3 Å². The van der Waals surface area contributed by atoms with E-state index in [-0.39, 0.29) is 16.6 Å². The van der Waals surface area contributed by atoms with Crippen LogP contribution in [-0.2, 0) is 15.6 Å². The second kappa shape index (κ2) is 8.81. The quantitative estimate of drug-likeness (QED) is 0.419. The number of carbonyl (C=O) groups excluding carboxylic acids is 1. The first-order chi connectivity index (χ1) is 14.5. The lowest BCUT2D eigenvalue weighted by molar-refractivity contribution is -0.152. The van der Waals surface area contributed by atoms with Crippen LogP contribution in [0.4, 0.5) is 0 Å². The number of hydrogen-bond donors (Lipinski definition) is 2. The number of ether oxygens (including phenoxy) is 1. The van der Waals surface area contributed by atoms with Crippen LogP contribution in [0.1, 0.15) is 82.4 Å². The average molecular weight is 439 g/mol. The Kier molecular flexibility index (Phi) is 6.93. The van der Waals surface area contributed by atoms with Crippen molar-refractivity contribution in [3.63, 3.8) is 0 Å². The molecule has 172 valence electrons. The van der Waals surface area contributed by atoms with Gasteiger partial charge in [-0.25, -0.2) is 4.79 Å². The van der Waals surface area contributed by atoms with Gasteiger partial charge in [0.25, 0.3) is 0 Å². The van der Waals surface area contributed by atoms with Crippen LogP contribution < -0.4 is 4.74 Å². The number of carboxylic acid groups (broad SMARTS) is 1. The average Bonchev–Trinajstić information content (AvgIpc) is 2.65. The fourth-order valence-corrected chi connectivity index (χ4v) is 3.19. The van der Waals surface area contributed by atoms with E-state index < -0.39 is 11.6 Å². The summed E-state index contributed by atoms with van der Waals surface area (Å²) in [7, 11) is 0. The molecular weight excluding hydrogens is 404 g/mol. The summed E-state index contributed by atoms with van der Waals surface area (Å²) in [4.78, 5) is 23.9. The van der Waals surface area contributed by atoms with Gasteiger partial charge in [0.2, 0.25) is 0 Å². The summed E-state index contributed by atoms with van der Waals surface area (Å²) in [5.41, 5.74) is 1.11. The normalized spacial score (nSPS) is 12.8. The van der Waals surface area contributed by atoms with Crippen LogP contribution in [-0.4, -0.2) is 27.6 Å². The Morgan fingerprint density at radius 1 is 0.844 bits per heavy atom. The van der Waals surface area contributed by atoms with Crippen molar-refractivity contribution in [3.8, 4) is 11.5 Å². The van der Waals surface area contributed by atoms with Gasteiger partial charge in [-0.3, -0.25) is 4.79 Å². The predicted octanol–water partition coefficient (Wildman–Crippen LogP) is 6.13. The largest absolute Gasteiger partial charge is 0.507 e.